The van der Waals surface area contributed by atoms with E-state index in [1.54, 1.807) is 6.92 Å². The molecule has 0 saturated heterocycles. The van der Waals surface area contributed by atoms with Gasteiger partial charge in [0.2, 0.25) is 5.91 Å². The van der Waals surface area contributed by atoms with Gasteiger partial charge in [-0.15, -0.1) is 0 Å². The topological polar surface area (TPSA) is 110 Å². The third-order valence-electron chi connectivity index (χ3n) is 1.80. The summed E-state index contributed by atoms with van der Waals surface area (Å²) in [7, 11) is 0. The monoisotopic (exact) mass is 228 g/mol. The van der Waals surface area contributed by atoms with Crippen LogP contribution < -0.4 is 5.32 Å². The molecular weight excluding hydrogens is 216 g/mol. The Bertz CT molecular complexity index is 389. The zero-order valence-corrected chi connectivity index (χ0v) is 8.66. The molecule has 0 spiro atoms. The Hall–Kier alpha value is -1.96. The first-order valence-corrected chi connectivity index (χ1v) is 4.61. The third kappa shape index (κ3) is 3.31. The zero-order valence-electron chi connectivity index (χ0n) is 8.66. The van der Waals surface area contributed by atoms with E-state index in [4.69, 9.17) is 5.11 Å². The van der Waals surface area contributed by atoms with Crippen molar-refractivity contribution in [3.8, 4) is 0 Å². The van der Waals surface area contributed by atoms with Gasteiger partial charge in [0.15, 0.2) is 0 Å². The van der Waals surface area contributed by atoms with Crippen LogP contribution in [0.15, 0.2) is 12.3 Å². The van der Waals surface area contributed by atoms with Gasteiger partial charge in [-0.1, -0.05) is 0 Å². The minimum absolute atomic E-state index is 0.113. The molecule has 0 aliphatic heterocycles. The number of carbonyl (C=O) groups excluding carboxylic acids is 1. The fourth-order valence-electron chi connectivity index (χ4n) is 1.05. The predicted molar refractivity (Wildman–Crippen MR) is 53.6 cm³/mol. The van der Waals surface area contributed by atoms with Crippen LogP contribution in [0.1, 0.15) is 6.92 Å². The molecule has 0 aromatic carbocycles. The molecule has 16 heavy (non-hydrogen) atoms. The van der Waals surface area contributed by atoms with Crippen LogP contribution in [-0.2, 0) is 11.3 Å². The molecule has 8 nitrogen and oxygen atoms in total. The van der Waals surface area contributed by atoms with E-state index in [9.17, 15) is 14.9 Å². The molecule has 8 heteroatoms. The number of aliphatic hydroxyl groups excluding tert-OH is 1. The predicted octanol–water partition coefficient (Wildman–Crippen LogP) is -0.712. The van der Waals surface area contributed by atoms with Crippen molar-refractivity contribution in [1.82, 2.24) is 15.1 Å². The smallest absolute Gasteiger partial charge is 0.389 e. The summed E-state index contributed by atoms with van der Waals surface area (Å²) in [4.78, 5) is 21.0. The van der Waals surface area contributed by atoms with Crippen LogP contribution >= 0.6 is 0 Å². The van der Waals surface area contributed by atoms with Gasteiger partial charge < -0.3 is 20.5 Å². The Morgan fingerprint density at radius 2 is 2.50 bits per heavy atom. The second kappa shape index (κ2) is 5.21. The van der Waals surface area contributed by atoms with Crippen molar-refractivity contribution in [3.63, 3.8) is 0 Å². The number of nitrogens with zero attached hydrogens (tertiary/aromatic N) is 3. The number of amides is 1. The van der Waals surface area contributed by atoms with E-state index in [1.165, 1.54) is 12.3 Å². The van der Waals surface area contributed by atoms with Crippen LogP contribution in [0.3, 0.4) is 0 Å². The maximum atomic E-state index is 11.3. The van der Waals surface area contributed by atoms with Crippen LogP contribution in [0.4, 0.5) is 5.82 Å². The van der Waals surface area contributed by atoms with E-state index in [1.807, 2.05) is 0 Å². The van der Waals surface area contributed by atoms with Crippen molar-refractivity contribution >= 4 is 11.7 Å². The molecule has 1 atom stereocenters. The van der Waals surface area contributed by atoms with Gasteiger partial charge in [0.05, 0.1) is 24.0 Å². The first-order valence-electron chi connectivity index (χ1n) is 4.61. The molecule has 1 rings (SSSR count). The summed E-state index contributed by atoms with van der Waals surface area (Å²) in [6, 6.07) is 0.862. The highest BCUT2D eigenvalue weighted by Crippen LogP contribution is 2.04. The quantitative estimate of drug-likeness (QED) is 0.510. The summed E-state index contributed by atoms with van der Waals surface area (Å²) in [5, 5.41) is 25.1. The van der Waals surface area contributed by atoms with Gasteiger partial charge in [-0.3, -0.25) is 4.79 Å². The lowest BCUT2D eigenvalue weighted by Crippen LogP contribution is -2.37. The van der Waals surface area contributed by atoms with E-state index >= 15 is 0 Å². The Labute approximate surface area is 91.0 Å². The highest BCUT2D eigenvalue weighted by molar-refractivity contribution is 5.75. The number of nitro groups is 1. The molecule has 0 saturated carbocycles. The molecule has 1 heterocycles. The number of hydrogen-bond acceptors (Lipinski definition) is 5. The zero-order chi connectivity index (χ0) is 12.1. The molecule has 1 aromatic heterocycles. The average Bonchev–Trinajstić information content (AvgIpc) is 2.65. The van der Waals surface area contributed by atoms with E-state index in [2.05, 4.69) is 10.4 Å². The Morgan fingerprint density at radius 3 is 3.00 bits per heavy atom. The maximum Gasteiger partial charge on any atom is 0.389 e. The second-order valence-corrected chi connectivity index (χ2v) is 3.28. The average molecular weight is 228 g/mol. The lowest BCUT2D eigenvalue weighted by molar-refractivity contribution is -0.389. The third-order valence-corrected chi connectivity index (χ3v) is 1.80. The highest BCUT2D eigenvalue weighted by Gasteiger charge is 2.14. The fourth-order valence-corrected chi connectivity index (χ4v) is 1.05. The standard InChI is InChI=1S/C8H12N4O4/c1-6(5-13)9-8(14)4-11-3-2-7(10-11)12(15)16/h2-3,6,13H,4-5H2,1H3,(H,9,14)/t6-/m1/s1. The summed E-state index contributed by atoms with van der Waals surface area (Å²) in [6.07, 6.45) is 1.35. The van der Waals surface area contributed by atoms with Crippen LogP contribution in [0.5, 0.6) is 0 Å². The summed E-state index contributed by atoms with van der Waals surface area (Å²) in [5.74, 6) is -0.664. The normalized spacial score (nSPS) is 12.1. The minimum atomic E-state index is -0.634. The number of hydrogen-bond donors (Lipinski definition) is 2. The molecule has 0 bridgehead atoms. The Kier molecular flexibility index (Phi) is 3.95. The van der Waals surface area contributed by atoms with Crippen molar-refractivity contribution in [2.45, 2.75) is 19.5 Å². The molecular formula is C8H12N4O4. The van der Waals surface area contributed by atoms with Crippen molar-refractivity contribution in [1.29, 1.82) is 0 Å². The van der Waals surface area contributed by atoms with Gasteiger partial charge in [0.25, 0.3) is 0 Å². The molecule has 0 aliphatic carbocycles. The molecule has 1 amide bonds. The molecule has 0 radical (unpaired) electrons. The molecule has 0 aliphatic rings. The Morgan fingerprint density at radius 1 is 1.81 bits per heavy atom. The molecule has 88 valence electrons. The number of aliphatic hydroxyl groups is 1. The summed E-state index contributed by atoms with van der Waals surface area (Å²) >= 11 is 0. The van der Waals surface area contributed by atoms with Crippen molar-refractivity contribution in [3.05, 3.63) is 22.4 Å². The van der Waals surface area contributed by atoms with Gasteiger partial charge in [0, 0.05) is 6.04 Å². The van der Waals surface area contributed by atoms with E-state index in [-0.39, 0.29) is 30.9 Å². The van der Waals surface area contributed by atoms with Gasteiger partial charge in [-0.05, 0) is 11.8 Å². The lowest BCUT2D eigenvalue weighted by atomic mass is 10.3. The van der Waals surface area contributed by atoms with Crippen LogP contribution in [0.25, 0.3) is 0 Å². The fraction of sp³-hybridized carbons (Fsp3) is 0.500. The van der Waals surface area contributed by atoms with Gasteiger partial charge in [-0.25, -0.2) is 0 Å². The van der Waals surface area contributed by atoms with Gasteiger partial charge in [-0.2, -0.15) is 4.68 Å². The molecule has 1 aromatic rings. The van der Waals surface area contributed by atoms with Crippen LogP contribution in [-0.4, -0.2) is 38.4 Å². The van der Waals surface area contributed by atoms with Crippen molar-refractivity contribution < 1.29 is 14.8 Å². The first kappa shape index (κ1) is 12.1. The van der Waals surface area contributed by atoms with Gasteiger partial charge >= 0.3 is 5.82 Å². The van der Waals surface area contributed by atoms with Gasteiger partial charge in [0.1, 0.15) is 6.54 Å². The molecule has 0 fully saturated rings. The molecule has 0 unspecified atom stereocenters. The summed E-state index contributed by atoms with van der Waals surface area (Å²) in [5.41, 5.74) is 0. The van der Waals surface area contributed by atoms with Crippen LogP contribution in [0, 0.1) is 10.1 Å². The number of aromatic nitrogens is 2. The van der Waals surface area contributed by atoms with Crippen LogP contribution in [0.2, 0.25) is 0 Å². The number of carbonyl (C=O) groups is 1. The number of rotatable bonds is 5. The second-order valence-electron chi connectivity index (χ2n) is 3.28. The first-order chi connectivity index (χ1) is 7.52. The summed E-state index contributed by atoms with van der Waals surface area (Å²) in [6.45, 7) is 1.37. The van der Waals surface area contributed by atoms with Crippen molar-refractivity contribution in [2.75, 3.05) is 6.61 Å². The van der Waals surface area contributed by atoms with Crippen molar-refractivity contribution in [2.24, 2.45) is 0 Å². The largest absolute Gasteiger partial charge is 0.394 e. The molecule has 2 N–H and O–H groups in total. The van der Waals surface area contributed by atoms with E-state index in [0.29, 0.717) is 0 Å². The SMILES string of the molecule is C[C@H](CO)NC(=O)Cn1ccc([N+](=O)[O-])n1. The highest BCUT2D eigenvalue weighted by atomic mass is 16.6. The maximum absolute atomic E-state index is 11.3. The summed E-state index contributed by atoms with van der Waals surface area (Å²) < 4.78 is 1.16. The van der Waals surface area contributed by atoms with E-state index in [0.717, 1.165) is 4.68 Å². The lowest BCUT2D eigenvalue weighted by Gasteiger charge is -2.09. The Balaban J connectivity index is 2.53. The minimum Gasteiger partial charge on any atom is -0.394 e. The van der Waals surface area contributed by atoms with E-state index < -0.39 is 4.92 Å². The number of nitrogens with one attached hydrogen (secondary N) is 1.